The molecule has 0 bridgehead atoms. The molecular formula is C53H34N4. The summed E-state index contributed by atoms with van der Waals surface area (Å²) in [5.41, 5.74) is 14.1. The van der Waals surface area contributed by atoms with Crippen LogP contribution in [0, 0.1) is 11.3 Å². The third-order valence-electron chi connectivity index (χ3n) is 10.7. The lowest BCUT2D eigenvalue weighted by Gasteiger charge is -2.20. The van der Waals surface area contributed by atoms with Crippen LogP contribution in [0.3, 0.4) is 0 Å². The zero-order valence-electron chi connectivity index (χ0n) is 30.9. The van der Waals surface area contributed by atoms with Crippen LogP contribution >= 0.6 is 0 Å². The number of aromatic nitrogens is 3. The van der Waals surface area contributed by atoms with Gasteiger partial charge in [-0.15, -0.1) is 0 Å². The van der Waals surface area contributed by atoms with Gasteiger partial charge in [-0.2, -0.15) is 5.26 Å². The molecule has 4 nitrogen and oxygen atoms in total. The number of benzene rings is 8. The highest BCUT2D eigenvalue weighted by atomic mass is 15.0. The zero-order valence-corrected chi connectivity index (χ0v) is 30.9. The molecule has 0 fully saturated rings. The molecular weight excluding hydrogens is 693 g/mol. The molecule has 8 aromatic carbocycles. The van der Waals surface area contributed by atoms with Crippen LogP contribution in [0.25, 0.3) is 94.8 Å². The highest BCUT2D eigenvalue weighted by molar-refractivity contribution is 6.12. The van der Waals surface area contributed by atoms with Crippen molar-refractivity contribution in [3.8, 4) is 79.0 Å². The summed E-state index contributed by atoms with van der Waals surface area (Å²) in [6.45, 7) is 0. The van der Waals surface area contributed by atoms with E-state index in [1.165, 1.54) is 0 Å². The number of hydrogen-bond donors (Lipinski definition) is 0. The topological polar surface area (TPSA) is 54.5 Å². The van der Waals surface area contributed by atoms with Crippen molar-refractivity contribution in [2.45, 2.75) is 0 Å². The smallest absolute Gasteiger partial charge is 0.162 e. The highest BCUT2D eigenvalue weighted by Crippen LogP contribution is 2.43. The van der Waals surface area contributed by atoms with Gasteiger partial charge in [0.15, 0.2) is 5.82 Å². The summed E-state index contributed by atoms with van der Waals surface area (Å²) in [4.78, 5) is 10.6. The molecule has 0 N–H and O–H groups in total. The van der Waals surface area contributed by atoms with Gasteiger partial charge < -0.3 is 4.57 Å². The van der Waals surface area contributed by atoms with Crippen LogP contribution in [0.15, 0.2) is 206 Å². The van der Waals surface area contributed by atoms with E-state index < -0.39 is 0 Å². The third-order valence-corrected chi connectivity index (χ3v) is 10.7. The molecule has 0 radical (unpaired) electrons. The molecule has 266 valence electrons. The largest absolute Gasteiger partial charge is 0.308 e. The molecule has 0 amide bonds. The average molecular weight is 727 g/mol. The first-order valence-electron chi connectivity index (χ1n) is 19.1. The molecule has 4 heteroatoms. The van der Waals surface area contributed by atoms with Gasteiger partial charge in [0.25, 0.3) is 0 Å². The Labute approximate surface area is 331 Å². The van der Waals surface area contributed by atoms with Gasteiger partial charge >= 0.3 is 0 Å². The third kappa shape index (κ3) is 6.05. The van der Waals surface area contributed by atoms with Crippen molar-refractivity contribution in [2.75, 3.05) is 0 Å². The van der Waals surface area contributed by atoms with E-state index in [1.807, 2.05) is 66.7 Å². The summed E-state index contributed by atoms with van der Waals surface area (Å²) >= 11 is 0. The summed E-state index contributed by atoms with van der Waals surface area (Å²) in [6, 6.07) is 73.9. The maximum Gasteiger partial charge on any atom is 0.162 e. The predicted octanol–water partition coefficient (Wildman–Crippen LogP) is 13.4. The van der Waals surface area contributed by atoms with Gasteiger partial charge in [-0.3, -0.25) is 0 Å². The van der Waals surface area contributed by atoms with E-state index in [1.54, 1.807) is 0 Å². The monoisotopic (exact) mass is 726 g/mol. The van der Waals surface area contributed by atoms with Gasteiger partial charge in [0.2, 0.25) is 0 Å². The molecule has 0 saturated heterocycles. The quantitative estimate of drug-likeness (QED) is 0.164. The van der Waals surface area contributed by atoms with E-state index in [0.29, 0.717) is 22.8 Å². The Morgan fingerprint density at radius 1 is 0.368 bits per heavy atom. The van der Waals surface area contributed by atoms with Crippen LogP contribution in [-0.4, -0.2) is 14.5 Å². The normalized spacial score (nSPS) is 11.1. The van der Waals surface area contributed by atoms with Gasteiger partial charge in [0.05, 0.1) is 28.1 Å². The Balaban J connectivity index is 1.32. The Morgan fingerprint density at radius 3 is 1.21 bits per heavy atom. The SMILES string of the molecule is N#Cc1c(-c2ccccc2)nc(-c2cccc(-c3ccccc3)c2-n2c3ccc(-c4ccccc4)cc3c3cc(-c4ccccc4)ccc32)nc1-c1ccccc1. The Bertz CT molecular complexity index is 2940. The van der Waals surface area contributed by atoms with Crippen molar-refractivity contribution >= 4 is 21.8 Å². The van der Waals surface area contributed by atoms with E-state index in [4.69, 9.17) is 9.97 Å². The first kappa shape index (κ1) is 33.7. The van der Waals surface area contributed by atoms with E-state index in [9.17, 15) is 5.26 Å². The molecule has 57 heavy (non-hydrogen) atoms. The summed E-state index contributed by atoms with van der Waals surface area (Å²) in [7, 11) is 0. The fourth-order valence-corrected chi connectivity index (χ4v) is 8.00. The van der Waals surface area contributed by atoms with Gasteiger partial charge in [-0.05, 0) is 58.1 Å². The second-order valence-corrected chi connectivity index (χ2v) is 14.1. The maximum absolute atomic E-state index is 10.7. The fourth-order valence-electron chi connectivity index (χ4n) is 8.00. The highest BCUT2D eigenvalue weighted by Gasteiger charge is 2.24. The van der Waals surface area contributed by atoms with Gasteiger partial charge in [-0.1, -0.05) is 176 Å². The van der Waals surface area contributed by atoms with Crippen molar-refractivity contribution in [1.29, 1.82) is 5.26 Å². The maximum atomic E-state index is 10.7. The van der Waals surface area contributed by atoms with Gasteiger partial charge in [0, 0.05) is 33.0 Å². The fraction of sp³-hybridized carbons (Fsp3) is 0. The van der Waals surface area contributed by atoms with E-state index in [2.05, 4.69) is 150 Å². The number of rotatable bonds is 7. The van der Waals surface area contributed by atoms with Crippen molar-refractivity contribution < 1.29 is 0 Å². The molecule has 2 aromatic heterocycles. The summed E-state index contributed by atoms with van der Waals surface area (Å²) in [5, 5.41) is 13.0. The zero-order chi connectivity index (χ0) is 38.1. The van der Waals surface area contributed by atoms with E-state index >= 15 is 0 Å². The molecule has 10 aromatic rings. The van der Waals surface area contributed by atoms with Crippen LogP contribution in [0.5, 0.6) is 0 Å². The van der Waals surface area contributed by atoms with Crippen LogP contribution in [0.1, 0.15) is 5.56 Å². The van der Waals surface area contributed by atoms with Crippen LogP contribution < -0.4 is 0 Å². The molecule has 0 aliphatic heterocycles. The average Bonchev–Trinajstić information content (AvgIpc) is 3.62. The van der Waals surface area contributed by atoms with Crippen molar-refractivity contribution in [3.63, 3.8) is 0 Å². The molecule has 2 heterocycles. The number of nitriles is 1. The number of hydrogen-bond acceptors (Lipinski definition) is 3. The molecule has 0 saturated carbocycles. The Hall–Kier alpha value is -7.87. The Kier molecular flexibility index (Phi) is 8.52. The second-order valence-electron chi connectivity index (χ2n) is 14.1. The molecule has 0 atom stereocenters. The number of fused-ring (bicyclic) bond motifs is 3. The van der Waals surface area contributed by atoms with Crippen molar-refractivity contribution in [1.82, 2.24) is 14.5 Å². The first-order valence-corrected chi connectivity index (χ1v) is 19.1. The summed E-state index contributed by atoms with van der Waals surface area (Å²) in [5.74, 6) is 0.538. The van der Waals surface area contributed by atoms with E-state index in [-0.39, 0.29) is 0 Å². The van der Waals surface area contributed by atoms with Crippen LogP contribution in [0.4, 0.5) is 0 Å². The predicted molar refractivity (Wildman–Crippen MR) is 234 cm³/mol. The minimum Gasteiger partial charge on any atom is -0.308 e. The standard InChI is InChI=1S/C53H34N4/c54-35-47-50(39-23-12-4-13-24-39)55-53(56-51(47)40-25-14-5-15-26-40)44-28-16-27-43(38-21-10-3-11-22-38)52(44)57-48-31-29-41(36-17-6-1-7-18-36)33-45(48)46-34-42(30-32-49(46)57)37-19-8-2-9-20-37/h1-34H. The Morgan fingerprint density at radius 2 is 0.772 bits per heavy atom. The molecule has 0 aliphatic carbocycles. The molecule has 0 unspecified atom stereocenters. The van der Waals surface area contributed by atoms with Gasteiger partial charge in [0.1, 0.15) is 11.6 Å². The van der Waals surface area contributed by atoms with Crippen molar-refractivity contribution in [2.24, 2.45) is 0 Å². The summed E-state index contributed by atoms with van der Waals surface area (Å²) < 4.78 is 2.39. The van der Waals surface area contributed by atoms with E-state index in [0.717, 1.165) is 77.6 Å². The van der Waals surface area contributed by atoms with Crippen LogP contribution in [-0.2, 0) is 0 Å². The second kappa shape index (κ2) is 14.4. The lowest BCUT2D eigenvalue weighted by atomic mass is 9.97. The number of para-hydroxylation sites is 1. The van der Waals surface area contributed by atoms with Gasteiger partial charge in [-0.25, -0.2) is 9.97 Å². The lowest BCUT2D eigenvalue weighted by Crippen LogP contribution is -2.05. The van der Waals surface area contributed by atoms with Crippen LogP contribution in [0.2, 0.25) is 0 Å². The first-order chi connectivity index (χ1) is 28.2. The molecule has 0 aliphatic rings. The minimum atomic E-state index is 0.440. The minimum absolute atomic E-state index is 0.440. The molecule has 0 spiro atoms. The number of nitrogens with zero attached hydrogens (tertiary/aromatic N) is 4. The van der Waals surface area contributed by atoms with Crippen molar-refractivity contribution in [3.05, 3.63) is 212 Å². The lowest BCUT2D eigenvalue weighted by molar-refractivity contribution is 1.13. The molecule has 10 rings (SSSR count). The summed E-state index contributed by atoms with van der Waals surface area (Å²) in [6.07, 6.45) is 0.